The van der Waals surface area contributed by atoms with Crippen LogP contribution in [-0.4, -0.2) is 49.3 Å². The summed E-state index contributed by atoms with van der Waals surface area (Å²) in [6, 6.07) is 0. The van der Waals surface area contributed by atoms with Crippen LogP contribution in [0.2, 0.25) is 0 Å². The Bertz CT molecular complexity index is 292. The Morgan fingerprint density at radius 2 is 1.89 bits per heavy atom. The van der Waals surface area contributed by atoms with E-state index in [9.17, 15) is 4.79 Å². The first-order valence-electron chi connectivity index (χ1n) is 7.63. The summed E-state index contributed by atoms with van der Waals surface area (Å²) in [5.41, 5.74) is 0.0395. The van der Waals surface area contributed by atoms with Gasteiger partial charge in [0.05, 0.1) is 19.1 Å². The number of methoxy groups -OCH3 is 1. The largest absolute Gasteiger partial charge is 0.466 e. The van der Waals surface area contributed by atoms with Gasteiger partial charge >= 0.3 is 5.97 Å². The van der Waals surface area contributed by atoms with Crippen LogP contribution in [0.5, 0.6) is 0 Å². The molecule has 4 heteroatoms. The predicted octanol–water partition coefficient (Wildman–Crippen LogP) is 2.36. The zero-order valence-corrected chi connectivity index (χ0v) is 12.3. The third-order valence-electron chi connectivity index (χ3n) is 4.75. The molecular weight excluding hydrogens is 242 g/mol. The minimum Gasteiger partial charge on any atom is -0.466 e. The van der Waals surface area contributed by atoms with Gasteiger partial charge in [0.1, 0.15) is 0 Å². The van der Waals surface area contributed by atoms with Crippen molar-refractivity contribution in [1.82, 2.24) is 4.90 Å². The van der Waals surface area contributed by atoms with Crippen molar-refractivity contribution in [2.24, 2.45) is 0 Å². The van der Waals surface area contributed by atoms with Crippen molar-refractivity contribution < 1.29 is 14.3 Å². The van der Waals surface area contributed by atoms with Gasteiger partial charge in [-0.1, -0.05) is 0 Å². The Labute approximate surface area is 116 Å². The quantitative estimate of drug-likeness (QED) is 0.718. The average molecular weight is 269 g/mol. The van der Waals surface area contributed by atoms with Gasteiger partial charge in [0.25, 0.3) is 0 Å². The monoisotopic (exact) mass is 269 g/mol. The second kappa shape index (κ2) is 6.71. The van der Waals surface area contributed by atoms with Crippen LogP contribution >= 0.6 is 0 Å². The first-order chi connectivity index (χ1) is 9.20. The number of carbonyl (C=O) groups excluding carboxylic acids is 1. The van der Waals surface area contributed by atoms with Crippen LogP contribution in [-0.2, 0) is 14.3 Å². The minimum atomic E-state index is -0.0368. The summed E-state index contributed by atoms with van der Waals surface area (Å²) in [6.45, 7) is 4.63. The van der Waals surface area contributed by atoms with Gasteiger partial charge in [0.2, 0.25) is 0 Å². The van der Waals surface area contributed by atoms with Crippen molar-refractivity contribution in [3.8, 4) is 0 Å². The minimum absolute atomic E-state index is 0.0368. The van der Waals surface area contributed by atoms with E-state index in [1.54, 1.807) is 7.11 Å². The maximum absolute atomic E-state index is 11.9. The normalized spacial score (nSPS) is 32.4. The van der Waals surface area contributed by atoms with Gasteiger partial charge in [-0.3, -0.25) is 9.69 Å². The first-order valence-corrected chi connectivity index (χ1v) is 7.63. The molecule has 0 aromatic rings. The molecule has 2 rings (SSSR count). The number of nitrogens with zero attached hydrogens (tertiary/aromatic N) is 1. The summed E-state index contributed by atoms with van der Waals surface area (Å²) < 4.78 is 10.7. The fraction of sp³-hybridized carbons (Fsp3) is 0.933. The standard InChI is InChI=1S/C15H27NO3/c1-3-19-14(17)12-15(16-10-4-5-11-16)8-6-13(18-2)7-9-15/h13H,3-12H2,1-2H3. The Morgan fingerprint density at radius 1 is 1.26 bits per heavy atom. The van der Waals surface area contributed by atoms with Crippen molar-refractivity contribution >= 4 is 5.97 Å². The molecule has 19 heavy (non-hydrogen) atoms. The van der Waals surface area contributed by atoms with Crippen LogP contribution in [0.15, 0.2) is 0 Å². The number of esters is 1. The van der Waals surface area contributed by atoms with E-state index in [-0.39, 0.29) is 11.5 Å². The van der Waals surface area contributed by atoms with Crippen LogP contribution < -0.4 is 0 Å². The van der Waals surface area contributed by atoms with E-state index in [1.807, 2.05) is 6.92 Å². The third kappa shape index (κ3) is 3.48. The van der Waals surface area contributed by atoms with Crippen molar-refractivity contribution in [3.63, 3.8) is 0 Å². The van der Waals surface area contributed by atoms with E-state index in [2.05, 4.69) is 4.90 Å². The topological polar surface area (TPSA) is 38.8 Å². The van der Waals surface area contributed by atoms with Crippen molar-refractivity contribution in [3.05, 3.63) is 0 Å². The highest BCUT2D eigenvalue weighted by Gasteiger charge is 2.43. The Balaban J connectivity index is 2.03. The van der Waals surface area contributed by atoms with E-state index in [4.69, 9.17) is 9.47 Å². The lowest BCUT2D eigenvalue weighted by atomic mass is 9.77. The van der Waals surface area contributed by atoms with E-state index in [1.165, 1.54) is 12.8 Å². The molecule has 0 aromatic carbocycles. The Kier molecular flexibility index (Phi) is 5.22. The lowest BCUT2D eigenvalue weighted by molar-refractivity contribution is -0.148. The fourth-order valence-corrected chi connectivity index (χ4v) is 3.64. The molecule has 1 aliphatic heterocycles. The SMILES string of the molecule is CCOC(=O)CC1(N2CCCC2)CCC(OC)CC1. The Hall–Kier alpha value is -0.610. The Morgan fingerprint density at radius 3 is 2.42 bits per heavy atom. The maximum Gasteiger partial charge on any atom is 0.307 e. The lowest BCUT2D eigenvalue weighted by Gasteiger charge is -2.45. The van der Waals surface area contributed by atoms with Gasteiger partial charge < -0.3 is 9.47 Å². The summed E-state index contributed by atoms with van der Waals surface area (Å²) in [4.78, 5) is 14.5. The number of hydrogen-bond acceptors (Lipinski definition) is 4. The smallest absolute Gasteiger partial charge is 0.307 e. The molecule has 1 saturated heterocycles. The van der Waals surface area contributed by atoms with Crippen LogP contribution in [0.4, 0.5) is 0 Å². The first kappa shape index (κ1) is 14.8. The second-order valence-corrected chi connectivity index (χ2v) is 5.84. The number of carbonyl (C=O) groups is 1. The van der Waals surface area contributed by atoms with E-state index < -0.39 is 0 Å². The summed E-state index contributed by atoms with van der Waals surface area (Å²) in [5.74, 6) is -0.0368. The van der Waals surface area contributed by atoms with Crippen LogP contribution in [0, 0.1) is 0 Å². The van der Waals surface area contributed by atoms with Gasteiger partial charge in [0.15, 0.2) is 0 Å². The number of rotatable bonds is 5. The average Bonchev–Trinajstić information content (AvgIpc) is 2.94. The molecule has 0 bridgehead atoms. The van der Waals surface area contributed by atoms with Crippen LogP contribution in [0.3, 0.4) is 0 Å². The maximum atomic E-state index is 11.9. The molecule has 110 valence electrons. The molecule has 0 atom stereocenters. The van der Waals surface area contributed by atoms with Crippen molar-refractivity contribution in [2.75, 3.05) is 26.8 Å². The number of hydrogen-bond donors (Lipinski definition) is 0. The fourth-order valence-electron chi connectivity index (χ4n) is 3.64. The van der Waals surface area contributed by atoms with Gasteiger partial charge in [-0.25, -0.2) is 0 Å². The summed E-state index contributed by atoms with van der Waals surface area (Å²) in [5, 5.41) is 0. The number of likely N-dealkylation sites (tertiary alicyclic amines) is 1. The number of ether oxygens (including phenoxy) is 2. The molecule has 2 aliphatic rings. The molecule has 1 saturated carbocycles. The molecule has 1 aliphatic carbocycles. The zero-order valence-electron chi connectivity index (χ0n) is 12.3. The van der Waals surface area contributed by atoms with Crippen LogP contribution in [0.1, 0.15) is 51.9 Å². The van der Waals surface area contributed by atoms with Gasteiger partial charge in [-0.05, 0) is 58.5 Å². The highest BCUT2D eigenvalue weighted by Crippen LogP contribution is 2.39. The zero-order chi connectivity index (χ0) is 13.7. The summed E-state index contributed by atoms with van der Waals surface area (Å²) >= 11 is 0. The molecule has 2 fully saturated rings. The molecule has 0 aromatic heterocycles. The van der Waals surface area contributed by atoms with E-state index in [0.717, 1.165) is 38.8 Å². The molecule has 1 heterocycles. The van der Waals surface area contributed by atoms with E-state index in [0.29, 0.717) is 19.1 Å². The summed E-state index contributed by atoms with van der Waals surface area (Å²) in [6.07, 6.45) is 7.69. The molecule has 0 unspecified atom stereocenters. The molecular formula is C15H27NO3. The van der Waals surface area contributed by atoms with Crippen molar-refractivity contribution in [2.45, 2.75) is 63.5 Å². The van der Waals surface area contributed by atoms with Crippen LogP contribution in [0.25, 0.3) is 0 Å². The van der Waals surface area contributed by atoms with Gasteiger partial charge in [-0.2, -0.15) is 0 Å². The molecule has 0 amide bonds. The molecule has 0 radical (unpaired) electrons. The van der Waals surface area contributed by atoms with Gasteiger partial charge in [0, 0.05) is 12.6 Å². The highest BCUT2D eigenvalue weighted by atomic mass is 16.5. The lowest BCUT2D eigenvalue weighted by Crippen LogP contribution is -2.52. The third-order valence-corrected chi connectivity index (χ3v) is 4.75. The molecule has 0 N–H and O–H groups in total. The molecule has 4 nitrogen and oxygen atoms in total. The summed E-state index contributed by atoms with van der Waals surface area (Å²) in [7, 11) is 1.79. The highest BCUT2D eigenvalue weighted by molar-refractivity contribution is 5.71. The second-order valence-electron chi connectivity index (χ2n) is 5.84. The van der Waals surface area contributed by atoms with Crippen molar-refractivity contribution in [1.29, 1.82) is 0 Å². The van der Waals surface area contributed by atoms with E-state index >= 15 is 0 Å². The van der Waals surface area contributed by atoms with Gasteiger partial charge in [-0.15, -0.1) is 0 Å². The predicted molar refractivity (Wildman–Crippen MR) is 74.1 cm³/mol. The molecule has 0 spiro atoms.